The zero-order valence-corrected chi connectivity index (χ0v) is 15.0. The average Bonchev–Trinajstić information content (AvgIpc) is 3.15. The Morgan fingerprint density at radius 1 is 1.24 bits per heavy atom. The molecule has 0 bridgehead atoms. The van der Waals surface area contributed by atoms with Gasteiger partial charge in [0.15, 0.2) is 0 Å². The summed E-state index contributed by atoms with van der Waals surface area (Å²) in [5.41, 5.74) is 0. The molecule has 1 saturated heterocycles. The van der Waals surface area contributed by atoms with Gasteiger partial charge in [-0.15, -0.1) is 5.10 Å². The van der Waals surface area contributed by atoms with Gasteiger partial charge >= 0.3 is 5.97 Å². The van der Waals surface area contributed by atoms with Gasteiger partial charge in [0.1, 0.15) is 6.33 Å². The number of carbonyl (C=O) groups is 1. The average molecular weight is 364 g/mol. The minimum Gasteiger partial charge on any atom is -0.468 e. The third-order valence-corrected chi connectivity index (χ3v) is 4.52. The third kappa shape index (κ3) is 4.35. The van der Waals surface area contributed by atoms with E-state index in [9.17, 15) is 4.79 Å². The predicted molar refractivity (Wildman–Crippen MR) is 93.1 cm³/mol. The number of methoxy groups -OCH3 is 1. The number of ether oxygens (including phenoxy) is 1. The van der Waals surface area contributed by atoms with Gasteiger partial charge in [-0.1, -0.05) is 11.8 Å². The molecule has 2 aromatic heterocycles. The van der Waals surface area contributed by atoms with E-state index in [-0.39, 0.29) is 11.7 Å². The van der Waals surface area contributed by atoms with E-state index in [2.05, 4.69) is 40.0 Å². The fourth-order valence-electron chi connectivity index (χ4n) is 2.40. The predicted octanol–water partition coefficient (Wildman–Crippen LogP) is 0.749. The Morgan fingerprint density at radius 3 is 2.72 bits per heavy atom. The van der Waals surface area contributed by atoms with Crippen LogP contribution in [0.1, 0.15) is 19.3 Å². The monoisotopic (exact) mass is 364 g/mol. The summed E-state index contributed by atoms with van der Waals surface area (Å²) in [5.74, 6) is 1.32. The molecular weight excluding hydrogens is 344 g/mol. The minimum atomic E-state index is -0.327. The van der Waals surface area contributed by atoms with Crippen molar-refractivity contribution in [2.75, 3.05) is 43.2 Å². The zero-order valence-electron chi connectivity index (χ0n) is 14.2. The van der Waals surface area contributed by atoms with E-state index >= 15 is 0 Å². The molecule has 3 rings (SSSR count). The molecule has 0 unspecified atom stereocenters. The first-order valence-electron chi connectivity index (χ1n) is 8.00. The van der Waals surface area contributed by atoms with Crippen molar-refractivity contribution in [2.24, 2.45) is 0 Å². The molecule has 0 amide bonds. The molecule has 0 aromatic carbocycles. The number of esters is 1. The lowest BCUT2D eigenvalue weighted by atomic mass is 10.1. The van der Waals surface area contributed by atoms with E-state index in [1.54, 1.807) is 7.05 Å². The van der Waals surface area contributed by atoms with Crippen LogP contribution in [-0.4, -0.2) is 68.7 Å². The van der Waals surface area contributed by atoms with Crippen LogP contribution < -0.4 is 10.2 Å². The Kier molecular flexibility index (Phi) is 5.64. The van der Waals surface area contributed by atoms with Gasteiger partial charge < -0.3 is 15.0 Å². The first-order chi connectivity index (χ1) is 12.2. The SMILES string of the molecule is CNc1nc(N2CCCCC2)nc(-n2cnc(SCC(=O)OC)n2)n1. The maximum atomic E-state index is 11.2. The number of piperidine rings is 1. The highest BCUT2D eigenvalue weighted by atomic mass is 32.2. The van der Waals surface area contributed by atoms with E-state index < -0.39 is 0 Å². The molecule has 0 atom stereocenters. The summed E-state index contributed by atoms with van der Waals surface area (Å²) >= 11 is 1.20. The highest BCUT2D eigenvalue weighted by molar-refractivity contribution is 7.99. The maximum Gasteiger partial charge on any atom is 0.316 e. The Hall–Kier alpha value is -2.43. The Balaban J connectivity index is 1.81. The Bertz CT molecular complexity index is 731. The third-order valence-electron chi connectivity index (χ3n) is 3.70. The van der Waals surface area contributed by atoms with Crippen LogP contribution in [0.3, 0.4) is 0 Å². The van der Waals surface area contributed by atoms with Crippen LogP contribution in [0.25, 0.3) is 5.95 Å². The number of hydrogen-bond acceptors (Lipinski definition) is 10. The van der Waals surface area contributed by atoms with Crippen molar-refractivity contribution in [2.45, 2.75) is 24.4 Å². The quantitative estimate of drug-likeness (QED) is 0.582. The summed E-state index contributed by atoms with van der Waals surface area (Å²) in [6.45, 7) is 1.87. The van der Waals surface area contributed by atoms with Crippen molar-refractivity contribution >= 4 is 29.6 Å². The molecule has 0 radical (unpaired) electrons. The lowest BCUT2D eigenvalue weighted by Gasteiger charge is -2.26. The molecule has 0 saturated carbocycles. The molecule has 2 aromatic rings. The van der Waals surface area contributed by atoms with Crippen LogP contribution in [0, 0.1) is 0 Å². The van der Waals surface area contributed by atoms with Crippen molar-refractivity contribution in [3.05, 3.63) is 6.33 Å². The van der Waals surface area contributed by atoms with E-state index in [1.165, 1.54) is 36.3 Å². The van der Waals surface area contributed by atoms with E-state index in [0.29, 0.717) is 23.0 Å². The van der Waals surface area contributed by atoms with Gasteiger partial charge in [0, 0.05) is 20.1 Å². The van der Waals surface area contributed by atoms with Crippen LogP contribution in [0.4, 0.5) is 11.9 Å². The van der Waals surface area contributed by atoms with E-state index in [1.807, 2.05) is 0 Å². The second-order valence-electron chi connectivity index (χ2n) is 5.39. The Morgan fingerprint density at radius 2 is 2.00 bits per heavy atom. The first kappa shape index (κ1) is 17.4. The smallest absolute Gasteiger partial charge is 0.316 e. The fraction of sp³-hybridized carbons (Fsp3) is 0.571. The zero-order chi connectivity index (χ0) is 17.6. The molecule has 0 aliphatic carbocycles. The van der Waals surface area contributed by atoms with Crippen LogP contribution >= 0.6 is 11.8 Å². The van der Waals surface area contributed by atoms with Crippen molar-refractivity contribution < 1.29 is 9.53 Å². The van der Waals surface area contributed by atoms with Crippen molar-refractivity contribution in [3.63, 3.8) is 0 Å². The molecule has 11 heteroatoms. The first-order valence-corrected chi connectivity index (χ1v) is 8.98. The van der Waals surface area contributed by atoms with Gasteiger partial charge in [-0.3, -0.25) is 4.79 Å². The topological polar surface area (TPSA) is 111 Å². The summed E-state index contributed by atoms with van der Waals surface area (Å²) in [7, 11) is 3.11. The van der Waals surface area contributed by atoms with Gasteiger partial charge in [0.25, 0.3) is 5.95 Å². The standard InChI is InChI=1S/C14H20N8O2S/c1-15-11-17-12(21-6-4-3-5-7-21)19-13(18-11)22-9-16-14(20-22)25-8-10(23)24-2/h9H,3-8H2,1-2H3,(H,15,17,18,19). The summed E-state index contributed by atoms with van der Waals surface area (Å²) in [4.78, 5) is 30.8. The molecule has 134 valence electrons. The van der Waals surface area contributed by atoms with Crippen LogP contribution in [0.15, 0.2) is 11.5 Å². The van der Waals surface area contributed by atoms with Crippen LogP contribution in [-0.2, 0) is 9.53 Å². The molecule has 1 fully saturated rings. The van der Waals surface area contributed by atoms with Gasteiger partial charge in [0.05, 0.1) is 12.9 Å². The Labute approximate surface area is 149 Å². The summed E-state index contributed by atoms with van der Waals surface area (Å²) in [6.07, 6.45) is 5.02. The largest absolute Gasteiger partial charge is 0.468 e. The van der Waals surface area contributed by atoms with Crippen molar-refractivity contribution in [1.82, 2.24) is 29.7 Å². The van der Waals surface area contributed by atoms with Gasteiger partial charge in [0.2, 0.25) is 17.1 Å². The maximum absolute atomic E-state index is 11.2. The van der Waals surface area contributed by atoms with E-state index in [4.69, 9.17) is 0 Å². The second-order valence-corrected chi connectivity index (χ2v) is 6.34. The van der Waals surface area contributed by atoms with Crippen LogP contribution in [0.5, 0.6) is 0 Å². The molecule has 25 heavy (non-hydrogen) atoms. The number of aromatic nitrogens is 6. The summed E-state index contributed by atoms with van der Waals surface area (Å²) < 4.78 is 6.09. The lowest BCUT2D eigenvalue weighted by Crippen LogP contribution is -2.31. The number of nitrogens with one attached hydrogen (secondary N) is 1. The van der Waals surface area contributed by atoms with Crippen molar-refractivity contribution in [1.29, 1.82) is 0 Å². The lowest BCUT2D eigenvalue weighted by molar-refractivity contribution is -0.137. The fourth-order valence-corrected chi connectivity index (χ4v) is 3.03. The number of nitrogens with zero attached hydrogens (tertiary/aromatic N) is 7. The number of hydrogen-bond donors (Lipinski definition) is 1. The van der Waals surface area contributed by atoms with Crippen LogP contribution in [0.2, 0.25) is 0 Å². The summed E-state index contributed by atoms with van der Waals surface area (Å²) in [6, 6.07) is 0. The molecule has 10 nitrogen and oxygen atoms in total. The minimum absolute atomic E-state index is 0.151. The summed E-state index contributed by atoms with van der Waals surface area (Å²) in [5, 5.41) is 7.72. The van der Waals surface area contributed by atoms with E-state index in [0.717, 1.165) is 25.9 Å². The second kappa shape index (κ2) is 8.10. The molecular formula is C14H20N8O2S. The van der Waals surface area contributed by atoms with Crippen molar-refractivity contribution in [3.8, 4) is 5.95 Å². The highest BCUT2D eigenvalue weighted by Crippen LogP contribution is 2.19. The molecule has 1 aliphatic heterocycles. The number of carbonyl (C=O) groups excluding carboxylic acids is 1. The highest BCUT2D eigenvalue weighted by Gasteiger charge is 2.17. The molecule has 1 N–H and O–H groups in total. The number of thioether (sulfide) groups is 1. The number of anilines is 2. The van der Waals surface area contributed by atoms with Gasteiger partial charge in [-0.05, 0) is 19.3 Å². The van der Waals surface area contributed by atoms with Gasteiger partial charge in [-0.25, -0.2) is 4.98 Å². The normalized spacial score (nSPS) is 14.4. The number of rotatable bonds is 6. The molecule has 0 spiro atoms. The molecule has 3 heterocycles. The van der Waals surface area contributed by atoms with Gasteiger partial charge in [-0.2, -0.15) is 19.6 Å². The molecule has 1 aliphatic rings.